The fourth-order valence-electron chi connectivity index (χ4n) is 4.65. The van der Waals surface area contributed by atoms with Gasteiger partial charge in [0.05, 0.1) is 12.3 Å². The van der Waals surface area contributed by atoms with Crippen LogP contribution in [0.5, 0.6) is 17.2 Å². The van der Waals surface area contributed by atoms with Crippen LogP contribution in [0.3, 0.4) is 0 Å². The quantitative estimate of drug-likeness (QED) is 0.175. The van der Waals surface area contributed by atoms with E-state index < -0.39 is 0 Å². The van der Waals surface area contributed by atoms with E-state index in [1.165, 1.54) is 6.08 Å². The highest BCUT2D eigenvalue weighted by molar-refractivity contribution is 6.02. The molecule has 6 N–H and O–H groups in total. The molecule has 3 aromatic carbocycles. The number of amides is 1. The van der Waals surface area contributed by atoms with Gasteiger partial charge in [0.2, 0.25) is 5.91 Å². The van der Waals surface area contributed by atoms with Crippen molar-refractivity contribution in [3.8, 4) is 17.2 Å². The van der Waals surface area contributed by atoms with Gasteiger partial charge in [0.1, 0.15) is 22.8 Å². The van der Waals surface area contributed by atoms with E-state index in [9.17, 15) is 9.90 Å². The summed E-state index contributed by atoms with van der Waals surface area (Å²) in [5.41, 5.74) is 16.4. The van der Waals surface area contributed by atoms with Crippen LogP contribution >= 0.6 is 0 Å². The monoisotopic (exact) mass is 528 g/mol. The number of nitrogens with zero attached hydrogens (tertiary/aromatic N) is 1. The van der Waals surface area contributed by atoms with Gasteiger partial charge in [-0.2, -0.15) is 0 Å². The van der Waals surface area contributed by atoms with Crippen molar-refractivity contribution in [2.45, 2.75) is 52.6 Å². The number of nitrogens with one attached hydrogen (secondary N) is 1. The van der Waals surface area contributed by atoms with Gasteiger partial charge < -0.3 is 31.4 Å². The number of nitrogens with two attached hydrogens (primary N) is 2. The van der Waals surface area contributed by atoms with E-state index in [1.807, 2.05) is 57.2 Å². The summed E-state index contributed by atoms with van der Waals surface area (Å²) in [5, 5.41) is 13.2. The highest BCUT2D eigenvalue weighted by Gasteiger charge is 2.34. The third-order valence-electron chi connectivity index (χ3n) is 7.19. The number of guanidine groups is 1. The van der Waals surface area contributed by atoms with Crippen LogP contribution in [0.25, 0.3) is 6.08 Å². The van der Waals surface area contributed by atoms with Gasteiger partial charge in [0.25, 0.3) is 0 Å². The molecule has 39 heavy (non-hydrogen) atoms. The number of phenolic OH excluding ortho intramolecular Hbond substituents is 1. The van der Waals surface area contributed by atoms with Crippen LogP contribution in [0.4, 0.5) is 11.4 Å². The summed E-state index contributed by atoms with van der Waals surface area (Å²) in [6.07, 6.45) is 5.62. The fraction of sp³-hybridized carbons (Fsp3) is 0.290. The minimum absolute atomic E-state index is 0.00415. The van der Waals surface area contributed by atoms with Crippen LogP contribution in [0, 0.1) is 20.8 Å². The second kappa shape index (κ2) is 11.5. The molecule has 1 aliphatic rings. The number of aliphatic imine (C=N–C) groups is 1. The Bertz CT molecular complexity index is 1410. The summed E-state index contributed by atoms with van der Waals surface area (Å²) in [7, 11) is 0. The molecule has 0 radical (unpaired) electrons. The first-order valence-electron chi connectivity index (χ1n) is 13.0. The Hall–Kier alpha value is -4.46. The lowest BCUT2D eigenvalue weighted by molar-refractivity contribution is -0.111. The van der Waals surface area contributed by atoms with Gasteiger partial charge in [-0.05, 0) is 105 Å². The molecule has 0 aliphatic carbocycles. The largest absolute Gasteiger partial charge is 0.507 e. The predicted molar refractivity (Wildman–Crippen MR) is 156 cm³/mol. The summed E-state index contributed by atoms with van der Waals surface area (Å²) in [4.78, 5) is 16.3. The zero-order valence-electron chi connectivity index (χ0n) is 22.9. The van der Waals surface area contributed by atoms with Crippen LogP contribution < -0.4 is 26.3 Å². The van der Waals surface area contributed by atoms with Gasteiger partial charge in [-0.25, -0.2) is 4.99 Å². The van der Waals surface area contributed by atoms with E-state index in [1.54, 1.807) is 18.2 Å². The maximum absolute atomic E-state index is 12.3. The van der Waals surface area contributed by atoms with Crippen molar-refractivity contribution in [2.75, 3.05) is 11.9 Å². The number of hydrogen-bond acceptors (Lipinski definition) is 5. The maximum atomic E-state index is 12.3. The van der Waals surface area contributed by atoms with E-state index in [-0.39, 0.29) is 17.5 Å². The van der Waals surface area contributed by atoms with E-state index in [4.69, 9.17) is 20.9 Å². The van der Waals surface area contributed by atoms with E-state index in [0.717, 1.165) is 58.6 Å². The molecule has 0 spiro atoms. The molecule has 8 nitrogen and oxygen atoms in total. The highest BCUT2D eigenvalue weighted by Crippen LogP contribution is 2.44. The van der Waals surface area contributed by atoms with Crippen molar-refractivity contribution in [1.82, 2.24) is 0 Å². The second-order valence-electron chi connectivity index (χ2n) is 10.2. The lowest BCUT2D eigenvalue weighted by Gasteiger charge is -2.38. The molecule has 1 atom stereocenters. The van der Waals surface area contributed by atoms with Gasteiger partial charge in [-0.3, -0.25) is 4.79 Å². The van der Waals surface area contributed by atoms with Gasteiger partial charge in [0, 0.05) is 23.7 Å². The molecule has 204 valence electrons. The average Bonchev–Trinajstić information content (AvgIpc) is 2.91. The van der Waals surface area contributed by atoms with Crippen LogP contribution in [-0.4, -0.2) is 29.2 Å². The summed E-state index contributed by atoms with van der Waals surface area (Å²) in [5.74, 6) is 1.74. The molecular weight excluding hydrogens is 492 g/mol. The van der Waals surface area contributed by atoms with Crippen molar-refractivity contribution in [1.29, 1.82) is 0 Å². The highest BCUT2D eigenvalue weighted by atomic mass is 16.5. The fourth-order valence-corrected chi connectivity index (χ4v) is 4.65. The standard InChI is InChI=1S/C31H36N4O4/c1-19-20(2)29-26(21(3)28(19)37)15-16-31(4,39-29)17-18-38-25-12-10-23(11-13-25)34-27(36)14-7-22-5-8-24(9-6-22)35-30(32)33/h5-14,37H,15-18H2,1-4H3,(H,34,36)(H4,32,33,35). The number of anilines is 1. The first-order chi connectivity index (χ1) is 18.5. The molecule has 1 aliphatic heterocycles. The summed E-state index contributed by atoms with van der Waals surface area (Å²) in [6.45, 7) is 8.49. The summed E-state index contributed by atoms with van der Waals surface area (Å²) in [6, 6.07) is 14.5. The first-order valence-corrected chi connectivity index (χ1v) is 13.0. The topological polar surface area (TPSA) is 132 Å². The number of benzene rings is 3. The Kier molecular flexibility index (Phi) is 8.14. The van der Waals surface area contributed by atoms with Crippen molar-refractivity contribution in [3.63, 3.8) is 0 Å². The van der Waals surface area contributed by atoms with Crippen LogP contribution in [0.15, 0.2) is 59.6 Å². The number of hydrogen-bond donors (Lipinski definition) is 4. The summed E-state index contributed by atoms with van der Waals surface area (Å²) >= 11 is 0. The zero-order chi connectivity index (χ0) is 28.2. The Morgan fingerprint density at radius 3 is 2.44 bits per heavy atom. The molecule has 0 aromatic heterocycles. The number of carbonyl (C=O) groups is 1. The zero-order valence-corrected chi connectivity index (χ0v) is 22.9. The number of phenols is 1. The van der Waals surface area contributed by atoms with Crippen LogP contribution in [0.1, 0.15) is 47.6 Å². The van der Waals surface area contributed by atoms with Crippen molar-refractivity contribution >= 4 is 29.3 Å². The smallest absolute Gasteiger partial charge is 0.248 e. The molecule has 0 fully saturated rings. The van der Waals surface area contributed by atoms with E-state index in [0.29, 0.717) is 23.7 Å². The minimum atomic E-state index is -0.348. The van der Waals surface area contributed by atoms with Crippen molar-refractivity contribution in [3.05, 3.63) is 82.4 Å². The first kappa shape index (κ1) is 27.6. The van der Waals surface area contributed by atoms with Gasteiger partial charge in [-0.15, -0.1) is 0 Å². The Labute approximate surface area is 229 Å². The molecule has 1 heterocycles. The van der Waals surface area contributed by atoms with Crippen molar-refractivity contribution in [2.24, 2.45) is 16.5 Å². The lowest BCUT2D eigenvalue weighted by atomic mass is 9.86. The molecule has 1 unspecified atom stereocenters. The molecule has 0 saturated carbocycles. The maximum Gasteiger partial charge on any atom is 0.248 e. The Morgan fingerprint density at radius 2 is 1.77 bits per heavy atom. The molecule has 4 rings (SSSR count). The van der Waals surface area contributed by atoms with Gasteiger partial charge >= 0.3 is 0 Å². The Morgan fingerprint density at radius 1 is 1.08 bits per heavy atom. The third-order valence-corrected chi connectivity index (χ3v) is 7.19. The number of ether oxygens (including phenoxy) is 2. The number of carbonyl (C=O) groups excluding carboxylic acids is 1. The second-order valence-corrected chi connectivity index (χ2v) is 10.2. The molecule has 0 bridgehead atoms. The molecular formula is C31H36N4O4. The number of rotatable bonds is 8. The number of aromatic hydroxyl groups is 1. The average molecular weight is 529 g/mol. The lowest BCUT2D eigenvalue weighted by Crippen LogP contribution is -2.38. The minimum Gasteiger partial charge on any atom is -0.507 e. The van der Waals surface area contributed by atoms with Crippen LogP contribution in [0.2, 0.25) is 0 Å². The van der Waals surface area contributed by atoms with E-state index >= 15 is 0 Å². The SMILES string of the molecule is Cc1c(C)c2c(c(C)c1O)CCC(C)(CCOc1ccc(NC(=O)C=Cc3ccc(N=C(N)N)cc3)cc1)O2. The molecule has 8 heteroatoms. The van der Waals surface area contributed by atoms with Crippen molar-refractivity contribution < 1.29 is 19.4 Å². The molecule has 0 saturated heterocycles. The predicted octanol–water partition coefficient (Wildman–Crippen LogP) is 5.43. The molecule has 1 amide bonds. The van der Waals surface area contributed by atoms with Crippen LogP contribution in [-0.2, 0) is 11.2 Å². The Balaban J connectivity index is 1.27. The van der Waals surface area contributed by atoms with Gasteiger partial charge in [0.15, 0.2) is 5.96 Å². The molecule has 3 aromatic rings. The van der Waals surface area contributed by atoms with Gasteiger partial charge in [-0.1, -0.05) is 12.1 Å². The van der Waals surface area contributed by atoms with E-state index in [2.05, 4.69) is 17.2 Å². The number of fused-ring (bicyclic) bond motifs is 1. The third kappa shape index (κ3) is 6.71. The normalized spacial score (nSPS) is 16.3. The summed E-state index contributed by atoms with van der Waals surface area (Å²) < 4.78 is 12.5.